The third-order valence-corrected chi connectivity index (χ3v) is 2.26. The van der Waals surface area contributed by atoms with Crippen molar-refractivity contribution in [3.63, 3.8) is 0 Å². The summed E-state index contributed by atoms with van der Waals surface area (Å²) in [5.74, 6) is -0.0369. The van der Waals surface area contributed by atoms with Crippen molar-refractivity contribution in [2.24, 2.45) is 0 Å². The molecule has 1 N–H and O–H groups in total. The minimum absolute atomic E-state index is 0.00549. The lowest BCUT2D eigenvalue weighted by molar-refractivity contribution is -0.134. The first-order valence-corrected chi connectivity index (χ1v) is 4.70. The summed E-state index contributed by atoms with van der Waals surface area (Å²) in [6.45, 7) is 2.09. The zero-order chi connectivity index (χ0) is 9.56. The highest BCUT2D eigenvalue weighted by Crippen LogP contribution is 1.99. The first-order valence-electron chi connectivity index (χ1n) is 3.55. The van der Waals surface area contributed by atoms with Crippen molar-refractivity contribution in [3.8, 4) is 0 Å². The molecule has 0 fully saturated rings. The van der Waals surface area contributed by atoms with Crippen LogP contribution in [0, 0.1) is 0 Å². The fraction of sp³-hybridized carbons (Fsp3) is 0.714. The van der Waals surface area contributed by atoms with Crippen molar-refractivity contribution in [1.29, 1.82) is 0 Å². The highest BCUT2D eigenvalue weighted by atomic mass is 32.2. The van der Waals surface area contributed by atoms with Gasteiger partial charge in [0.15, 0.2) is 0 Å². The summed E-state index contributed by atoms with van der Waals surface area (Å²) in [6.07, 6.45) is 0. The van der Waals surface area contributed by atoms with Crippen LogP contribution in [0.1, 0.15) is 6.92 Å². The van der Waals surface area contributed by atoms with Gasteiger partial charge < -0.3 is 10.0 Å². The Morgan fingerprint density at radius 3 is 2.50 bits per heavy atom. The minimum atomic E-state index is -0.814. The lowest BCUT2D eigenvalue weighted by Gasteiger charge is -2.13. The number of aliphatic carboxylic acids is 1. The van der Waals surface area contributed by atoms with Crippen molar-refractivity contribution >= 4 is 23.6 Å². The maximum Gasteiger partial charge on any atom is 0.313 e. The molecule has 12 heavy (non-hydrogen) atoms. The number of hydrogen-bond donors (Lipinski definition) is 1. The van der Waals surface area contributed by atoms with Crippen molar-refractivity contribution in [1.82, 2.24) is 4.90 Å². The second kappa shape index (κ2) is 5.88. The highest BCUT2D eigenvalue weighted by Gasteiger charge is 2.02. The summed E-state index contributed by atoms with van der Waals surface area (Å²) in [7, 11) is 1.70. The van der Waals surface area contributed by atoms with Gasteiger partial charge in [-0.2, -0.15) is 0 Å². The molecule has 4 nitrogen and oxygen atoms in total. The number of carboxylic acids is 1. The molecule has 0 aromatic rings. The molecule has 0 unspecified atom stereocenters. The zero-order valence-electron chi connectivity index (χ0n) is 7.24. The van der Waals surface area contributed by atoms with Crippen LogP contribution in [-0.4, -0.2) is 47.0 Å². The quantitative estimate of drug-likeness (QED) is 0.634. The molecule has 0 heterocycles. The molecule has 0 bridgehead atoms. The predicted octanol–water partition coefficient (Wildman–Crippen LogP) is 0.283. The van der Waals surface area contributed by atoms with Crippen LogP contribution in [0.15, 0.2) is 0 Å². The van der Waals surface area contributed by atoms with Crippen LogP contribution in [0.3, 0.4) is 0 Å². The van der Waals surface area contributed by atoms with E-state index in [0.717, 1.165) is 0 Å². The molecule has 0 aromatic heterocycles. The van der Waals surface area contributed by atoms with Gasteiger partial charge in [0.05, 0.1) is 5.75 Å². The molecule has 0 aliphatic carbocycles. The SMILES string of the molecule is CC(=O)N(C)CCSCC(=O)O. The van der Waals surface area contributed by atoms with E-state index >= 15 is 0 Å². The van der Waals surface area contributed by atoms with Gasteiger partial charge >= 0.3 is 5.97 Å². The first-order chi connectivity index (χ1) is 5.54. The third kappa shape index (κ3) is 6.03. The second-order valence-corrected chi connectivity index (χ2v) is 3.49. The van der Waals surface area contributed by atoms with Gasteiger partial charge in [0.2, 0.25) is 5.91 Å². The van der Waals surface area contributed by atoms with E-state index < -0.39 is 5.97 Å². The van der Waals surface area contributed by atoms with E-state index in [2.05, 4.69) is 0 Å². The molecule has 0 rings (SSSR count). The van der Waals surface area contributed by atoms with Crippen LogP contribution in [0.5, 0.6) is 0 Å². The van der Waals surface area contributed by atoms with Crippen molar-refractivity contribution in [2.75, 3.05) is 25.1 Å². The number of carbonyl (C=O) groups is 2. The van der Waals surface area contributed by atoms with Crippen LogP contribution < -0.4 is 0 Å². The van der Waals surface area contributed by atoms with Crippen LogP contribution in [-0.2, 0) is 9.59 Å². The van der Waals surface area contributed by atoms with Gasteiger partial charge in [-0.05, 0) is 0 Å². The Hall–Kier alpha value is -0.710. The highest BCUT2D eigenvalue weighted by molar-refractivity contribution is 7.99. The number of thioether (sulfide) groups is 1. The Morgan fingerprint density at radius 2 is 2.08 bits per heavy atom. The Kier molecular flexibility index (Phi) is 5.53. The van der Waals surface area contributed by atoms with E-state index in [4.69, 9.17) is 5.11 Å². The summed E-state index contributed by atoms with van der Waals surface area (Å²) in [4.78, 5) is 22.3. The van der Waals surface area contributed by atoms with Crippen molar-refractivity contribution in [2.45, 2.75) is 6.92 Å². The van der Waals surface area contributed by atoms with E-state index in [0.29, 0.717) is 12.3 Å². The summed E-state index contributed by atoms with van der Waals surface area (Å²) in [5.41, 5.74) is 0. The number of nitrogens with zero attached hydrogens (tertiary/aromatic N) is 1. The predicted molar refractivity (Wildman–Crippen MR) is 48.3 cm³/mol. The molecule has 0 radical (unpaired) electrons. The Balaban J connectivity index is 3.31. The van der Waals surface area contributed by atoms with Gasteiger partial charge in [-0.3, -0.25) is 9.59 Å². The van der Waals surface area contributed by atoms with Gasteiger partial charge in [-0.15, -0.1) is 11.8 Å². The molecule has 0 aromatic carbocycles. The summed E-state index contributed by atoms with van der Waals surface area (Å²) in [5, 5.41) is 8.29. The van der Waals surface area contributed by atoms with E-state index in [1.165, 1.54) is 18.7 Å². The fourth-order valence-electron chi connectivity index (χ4n) is 0.518. The number of hydrogen-bond acceptors (Lipinski definition) is 3. The third-order valence-electron chi connectivity index (χ3n) is 1.33. The molecule has 70 valence electrons. The normalized spacial score (nSPS) is 9.50. The van der Waals surface area contributed by atoms with Crippen LogP contribution in [0.4, 0.5) is 0 Å². The van der Waals surface area contributed by atoms with E-state index in [-0.39, 0.29) is 11.7 Å². The monoisotopic (exact) mass is 191 g/mol. The van der Waals surface area contributed by atoms with E-state index in [9.17, 15) is 9.59 Å². The Labute approximate surface area is 75.9 Å². The number of carbonyl (C=O) groups excluding carboxylic acids is 1. The molecule has 5 heteroatoms. The maximum absolute atomic E-state index is 10.7. The van der Waals surface area contributed by atoms with Crippen LogP contribution >= 0.6 is 11.8 Å². The average molecular weight is 191 g/mol. The summed E-state index contributed by atoms with van der Waals surface area (Å²) in [6, 6.07) is 0. The molecule has 0 aliphatic heterocycles. The van der Waals surface area contributed by atoms with Gasteiger partial charge in [-0.1, -0.05) is 0 Å². The Morgan fingerprint density at radius 1 is 1.50 bits per heavy atom. The first kappa shape index (κ1) is 11.3. The smallest absolute Gasteiger partial charge is 0.313 e. The molecule has 0 saturated heterocycles. The molecule has 0 aliphatic rings. The molecular formula is C7H13NO3S. The van der Waals surface area contributed by atoms with Gasteiger partial charge in [0, 0.05) is 26.3 Å². The molecule has 1 amide bonds. The summed E-state index contributed by atoms with van der Waals surface area (Å²) >= 11 is 1.31. The van der Waals surface area contributed by atoms with E-state index in [1.54, 1.807) is 11.9 Å². The lowest BCUT2D eigenvalue weighted by atomic mass is 10.5. The number of rotatable bonds is 5. The largest absolute Gasteiger partial charge is 0.481 e. The topological polar surface area (TPSA) is 57.6 Å². The summed E-state index contributed by atoms with van der Waals surface area (Å²) < 4.78 is 0. The molecular weight excluding hydrogens is 178 g/mol. The Bertz CT molecular complexity index is 172. The second-order valence-electron chi connectivity index (χ2n) is 2.39. The van der Waals surface area contributed by atoms with E-state index in [1.807, 2.05) is 0 Å². The van der Waals surface area contributed by atoms with Crippen molar-refractivity contribution < 1.29 is 14.7 Å². The molecule has 0 atom stereocenters. The van der Waals surface area contributed by atoms with Crippen LogP contribution in [0.25, 0.3) is 0 Å². The average Bonchev–Trinajstić information content (AvgIpc) is 1.97. The fourth-order valence-corrected chi connectivity index (χ4v) is 1.24. The standard InChI is InChI=1S/C7H13NO3S/c1-6(9)8(2)3-4-12-5-7(10)11/h3-5H2,1-2H3,(H,10,11). The van der Waals surface area contributed by atoms with Gasteiger partial charge in [0.1, 0.15) is 0 Å². The van der Waals surface area contributed by atoms with Crippen LogP contribution in [0.2, 0.25) is 0 Å². The number of amides is 1. The molecule has 0 saturated carbocycles. The zero-order valence-corrected chi connectivity index (χ0v) is 8.06. The van der Waals surface area contributed by atoms with Gasteiger partial charge in [-0.25, -0.2) is 0 Å². The van der Waals surface area contributed by atoms with Crippen molar-refractivity contribution in [3.05, 3.63) is 0 Å². The number of carboxylic acid groups (broad SMARTS) is 1. The minimum Gasteiger partial charge on any atom is -0.481 e. The molecule has 0 spiro atoms. The maximum atomic E-state index is 10.7. The van der Waals surface area contributed by atoms with Gasteiger partial charge in [0.25, 0.3) is 0 Å². The lowest BCUT2D eigenvalue weighted by Crippen LogP contribution is -2.26.